The first-order valence-electron chi connectivity index (χ1n) is 7.33. The molecule has 110 valence electrons. The van der Waals surface area contributed by atoms with Gasteiger partial charge < -0.3 is 15.7 Å². The Morgan fingerprint density at radius 2 is 2.10 bits per heavy atom. The lowest BCUT2D eigenvalue weighted by Gasteiger charge is -2.23. The summed E-state index contributed by atoms with van der Waals surface area (Å²) in [6, 6.07) is 7.67. The van der Waals surface area contributed by atoms with E-state index in [0.717, 1.165) is 24.0 Å². The quantitative estimate of drug-likeness (QED) is 0.880. The number of carbonyl (C=O) groups excluding carboxylic acids is 1. The Morgan fingerprint density at radius 3 is 2.85 bits per heavy atom. The highest BCUT2D eigenvalue weighted by atomic mass is 16.3. The summed E-state index contributed by atoms with van der Waals surface area (Å²) < 4.78 is 0. The Kier molecular flexibility index (Phi) is 4.78. The van der Waals surface area contributed by atoms with Crippen LogP contribution in [0.25, 0.3) is 0 Å². The maximum Gasteiger partial charge on any atom is 0.254 e. The lowest BCUT2D eigenvalue weighted by atomic mass is 9.98. The number of hydrogen-bond acceptors (Lipinski definition) is 3. The van der Waals surface area contributed by atoms with Crippen LogP contribution in [-0.2, 0) is 6.42 Å². The topological polar surface area (TPSA) is 66.6 Å². The van der Waals surface area contributed by atoms with Gasteiger partial charge in [0.05, 0.1) is 5.60 Å². The molecule has 0 saturated carbocycles. The molecular formula is C16H24N2O2. The number of benzene rings is 1. The van der Waals surface area contributed by atoms with Crippen LogP contribution in [0.1, 0.15) is 42.1 Å². The third-order valence-corrected chi connectivity index (χ3v) is 4.01. The SMILES string of the molecule is CC1(O)CCCN(C(=O)c2ccccc2CCN)CC1. The van der Waals surface area contributed by atoms with Crippen LogP contribution in [0, 0.1) is 0 Å². The molecule has 4 nitrogen and oxygen atoms in total. The van der Waals surface area contributed by atoms with Crippen molar-refractivity contribution < 1.29 is 9.90 Å². The minimum atomic E-state index is -0.647. The number of rotatable bonds is 3. The van der Waals surface area contributed by atoms with Gasteiger partial charge in [-0.15, -0.1) is 0 Å². The summed E-state index contributed by atoms with van der Waals surface area (Å²) in [5, 5.41) is 10.1. The van der Waals surface area contributed by atoms with E-state index in [9.17, 15) is 9.90 Å². The standard InChI is InChI=1S/C16H24N2O2/c1-16(20)8-4-11-18(12-9-16)15(19)14-6-3-2-5-13(14)7-10-17/h2-3,5-6,20H,4,7-12,17H2,1H3. The predicted octanol–water partition coefficient (Wildman–Crippen LogP) is 1.56. The third kappa shape index (κ3) is 3.58. The van der Waals surface area contributed by atoms with Crippen LogP contribution < -0.4 is 5.73 Å². The summed E-state index contributed by atoms with van der Waals surface area (Å²) in [6.07, 6.45) is 2.95. The van der Waals surface area contributed by atoms with Gasteiger partial charge in [0.15, 0.2) is 0 Å². The smallest absolute Gasteiger partial charge is 0.254 e. The highest BCUT2D eigenvalue weighted by Gasteiger charge is 2.27. The Bertz CT molecular complexity index is 471. The Hall–Kier alpha value is -1.39. The summed E-state index contributed by atoms with van der Waals surface area (Å²) in [5.74, 6) is 0.0618. The fraction of sp³-hybridized carbons (Fsp3) is 0.562. The molecule has 4 heteroatoms. The van der Waals surface area contributed by atoms with E-state index in [0.29, 0.717) is 32.5 Å². The van der Waals surface area contributed by atoms with Gasteiger partial charge in [-0.3, -0.25) is 4.79 Å². The van der Waals surface area contributed by atoms with Crippen molar-refractivity contribution in [1.82, 2.24) is 4.90 Å². The molecule has 1 amide bonds. The zero-order chi connectivity index (χ0) is 14.6. The number of nitrogens with zero attached hydrogens (tertiary/aromatic N) is 1. The van der Waals surface area contributed by atoms with Gasteiger partial charge in [-0.2, -0.15) is 0 Å². The van der Waals surface area contributed by atoms with Crippen LogP contribution in [0.3, 0.4) is 0 Å². The zero-order valence-electron chi connectivity index (χ0n) is 12.1. The van der Waals surface area contributed by atoms with Crippen LogP contribution in [0.15, 0.2) is 24.3 Å². The Morgan fingerprint density at radius 1 is 1.35 bits per heavy atom. The van der Waals surface area contributed by atoms with Crippen LogP contribution in [0.5, 0.6) is 0 Å². The molecule has 0 spiro atoms. The third-order valence-electron chi connectivity index (χ3n) is 4.01. The maximum atomic E-state index is 12.7. The van der Waals surface area contributed by atoms with Crippen LogP contribution in [0.4, 0.5) is 0 Å². The molecule has 1 aliphatic heterocycles. The average molecular weight is 276 g/mol. The van der Waals surface area contributed by atoms with E-state index < -0.39 is 5.60 Å². The van der Waals surface area contributed by atoms with Gasteiger partial charge in [-0.1, -0.05) is 18.2 Å². The first-order valence-corrected chi connectivity index (χ1v) is 7.33. The highest BCUT2D eigenvalue weighted by molar-refractivity contribution is 5.95. The van der Waals surface area contributed by atoms with Crippen molar-refractivity contribution in [3.63, 3.8) is 0 Å². The van der Waals surface area contributed by atoms with Crippen LogP contribution in [0.2, 0.25) is 0 Å². The van der Waals surface area contributed by atoms with Crippen LogP contribution >= 0.6 is 0 Å². The molecule has 1 aromatic rings. The largest absolute Gasteiger partial charge is 0.390 e. The first-order chi connectivity index (χ1) is 9.53. The van der Waals surface area contributed by atoms with Gasteiger partial charge >= 0.3 is 0 Å². The number of aliphatic hydroxyl groups is 1. The second-order valence-corrected chi connectivity index (χ2v) is 5.84. The number of hydrogen-bond donors (Lipinski definition) is 2. The van der Waals surface area contributed by atoms with E-state index in [1.54, 1.807) is 0 Å². The molecular weight excluding hydrogens is 252 g/mol. The minimum Gasteiger partial charge on any atom is -0.390 e. The molecule has 0 radical (unpaired) electrons. The normalized spacial score (nSPS) is 23.4. The van der Waals surface area contributed by atoms with Gasteiger partial charge in [-0.05, 0) is 50.8 Å². The molecule has 1 atom stereocenters. The molecule has 1 aliphatic rings. The number of nitrogens with two attached hydrogens (primary N) is 1. The summed E-state index contributed by atoms with van der Waals surface area (Å²) >= 11 is 0. The maximum absolute atomic E-state index is 12.7. The molecule has 1 unspecified atom stereocenters. The van der Waals surface area contributed by atoms with E-state index in [2.05, 4.69) is 0 Å². The molecule has 2 rings (SSSR count). The van der Waals surface area contributed by atoms with E-state index in [1.807, 2.05) is 36.1 Å². The molecule has 20 heavy (non-hydrogen) atoms. The van der Waals surface area contributed by atoms with E-state index in [-0.39, 0.29) is 5.91 Å². The molecule has 3 N–H and O–H groups in total. The fourth-order valence-electron chi connectivity index (χ4n) is 2.74. The lowest BCUT2D eigenvalue weighted by molar-refractivity contribution is 0.0438. The predicted molar refractivity (Wildman–Crippen MR) is 79.6 cm³/mol. The molecule has 0 aliphatic carbocycles. The summed E-state index contributed by atoms with van der Waals surface area (Å²) in [4.78, 5) is 14.5. The number of amides is 1. The zero-order valence-corrected chi connectivity index (χ0v) is 12.1. The van der Waals surface area contributed by atoms with Crippen molar-refractivity contribution in [1.29, 1.82) is 0 Å². The summed E-state index contributed by atoms with van der Waals surface area (Å²) in [7, 11) is 0. The van der Waals surface area contributed by atoms with Crippen molar-refractivity contribution in [2.45, 2.75) is 38.2 Å². The molecule has 1 fully saturated rings. The van der Waals surface area contributed by atoms with E-state index in [4.69, 9.17) is 5.73 Å². The summed E-state index contributed by atoms with van der Waals surface area (Å²) in [6.45, 7) is 3.72. The first kappa shape index (κ1) is 15.0. The van der Waals surface area contributed by atoms with Gasteiger partial charge in [-0.25, -0.2) is 0 Å². The fourth-order valence-corrected chi connectivity index (χ4v) is 2.74. The Labute approximate surface area is 120 Å². The molecule has 1 aromatic carbocycles. The van der Waals surface area contributed by atoms with Gasteiger partial charge in [0.1, 0.15) is 0 Å². The number of carbonyl (C=O) groups is 1. The van der Waals surface area contributed by atoms with Crippen LogP contribution in [-0.4, -0.2) is 41.1 Å². The van der Waals surface area contributed by atoms with Crippen molar-refractivity contribution in [3.05, 3.63) is 35.4 Å². The summed E-state index contributed by atoms with van der Waals surface area (Å²) in [5.41, 5.74) is 6.72. The van der Waals surface area contributed by atoms with Gasteiger partial charge in [0.25, 0.3) is 5.91 Å². The van der Waals surface area contributed by atoms with Crippen molar-refractivity contribution >= 4 is 5.91 Å². The van der Waals surface area contributed by atoms with Gasteiger partial charge in [0, 0.05) is 18.7 Å². The second kappa shape index (κ2) is 6.37. The monoisotopic (exact) mass is 276 g/mol. The number of likely N-dealkylation sites (tertiary alicyclic amines) is 1. The average Bonchev–Trinajstić information content (AvgIpc) is 2.60. The Balaban J connectivity index is 2.15. The van der Waals surface area contributed by atoms with Crippen molar-refractivity contribution in [2.24, 2.45) is 5.73 Å². The minimum absolute atomic E-state index is 0.0618. The molecule has 0 aromatic heterocycles. The van der Waals surface area contributed by atoms with E-state index in [1.165, 1.54) is 0 Å². The second-order valence-electron chi connectivity index (χ2n) is 5.84. The molecule has 1 saturated heterocycles. The molecule has 0 bridgehead atoms. The molecule has 1 heterocycles. The van der Waals surface area contributed by atoms with E-state index >= 15 is 0 Å². The lowest BCUT2D eigenvalue weighted by Crippen LogP contribution is -2.34. The van der Waals surface area contributed by atoms with Crippen molar-refractivity contribution in [2.75, 3.05) is 19.6 Å². The van der Waals surface area contributed by atoms with Gasteiger partial charge in [0.2, 0.25) is 0 Å². The van der Waals surface area contributed by atoms with Crippen molar-refractivity contribution in [3.8, 4) is 0 Å². The highest BCUT2D eigenvalue weighted by Crippen LogP contribution is 2.23.